The molecule has 0 atom stereocenters. The number of piperazine rings is 1. The SMILES string of the molecule is O=C(CN1CCN(S(=O)(=O)c2ccc(Cl)s2)CC1)Nc1ccc([N+](=O)[O-])cc1. The average molecular weight is 445 g/mol. The molecule has 1 aromatic carbocycles. The van der Waals surface area contributed by atoms with Gasteiger partial charge in [0.15, 0.2) is 0 Å². The van der Waals surface area contributed by atoms with Crippen LogP contribution in [0.5, 0.6) is 0 Å². The maximum absolute atomic E-state index is 12.6. The molecule has 1 amide bonds. The molecule has 3 rings (SSSR count). The van der Waals surface area contributed by atoms with Crippen LogP contribution < -0.4 is 5.32 Å². The van der Waals surface area contributed by atoms with Gasteiger partial charge in [-0.05, 0) is 24.3 Å². The zero-order chi connectivity index (χ0) is 20.3. The van der Waals surface area contributed by atoms with Gasteiger partial charge in [0.25, 0.3) is 15.7 Å². The van der Waals surface area contributed by atoms with Crippen LogP contribution in [0.25, 0.3) is 0 Å². The molecule has 1 fully saturated rings. The summed E-state index contributed by atoms with van der Waals surface area (Å²) >= 11 is 6.85. The van der Waals surface area contributed by atoms with Crippen LogP contribution >= 0.6 is 22.9 Å². The number of benzene rings is 1. The zero-order valence-electron chi connectivity index (χ0n) is 14.6. The number of halogens is 1. The van der Waals surface area contributed by atoms with Crippen LogP contribution in [0, 0.1) is 10.1 Å². The molecule has 1 saturated heterocycles. The minimum absolute atomic E-state index is 0.0534. The summed E-state index contributed by atoms with van der Waals surface area (Å²) in [5, 5.41) is 13.3. The third kappa shape index (κ3) is 4.86. The Balaban J connectivity index is 1.51. The minimum Gasteiger partial charge on any atom is -0.325 e. The normalized spacial score (nSPS) is 16.0. The van der Waals surface area contributed by atoms with Gasteiger partial charge in [-0.15, -0.1) is 11.3 Å². The van der Waals surface area contributed by atoms with Crippen LogP contribution in [-0.4, -0.2) is 61.2 Å². The number of nitro benzene ring substituents is 1. The number of hydrogen-bond donors (Lipinski definition) is 1. The van der Waals surface area contributed by atoms with Crippen LogP contribution in [-0.2, 0) is 14.8 Å². The van der Waals surface area contributed by atoms with Gasteiger partial charge in [-0.25, -0.2) is 8.42 Å². The van der Waals surface area contributed by atoms with Gasteiger partial charge < -0.3 is 5.32 Å². The number of amides is 1. The van der Waals surface area contributed by atoms with Crippen molar-refractivity contribution in [3.63, 3.8) is 0 Å². The van der Waals surface area contributed by atoms with Crippen LogP contribution in [0.2, 0.25) is 4.34 Å². The van der Waals surface area contributed by atoms with Crippen LogP contribution in [0.3, 0.4) is 0 Å². The highest BCUT2D eigenvalue weighted by Crippen LogP contribution is 2.28. The predicted molar refractivity (Wildman–Crippen MR) is 106 cm³/mol. The molecule has 150 valence electrons. The summed E-state index contributed by atoms with van der Waals surface area (Å²) in [5.41, 5.74) is 0.411. The Labute approximate surface area is 170 Å². The molecular weight excluding hydrogens is 428 g/mol. The monoisotopic (exact) mass is 444 g/mol. The number of thiophene rings is 1. The van der Waals surface area contributed by atoms with Gasteiger partial charge in [-0.1, -0.05) is 11.6 Å². The molecular formula is C16H17ClN4O5S2. The van der Waals surface area contributed by atoms with E-state index >= 15 is 0 Å². The standard InChI is InChI=1S/C16H17ClN4O5S2/c17-14-5-6-16(27-14)28(25,26)20-9-7-19(8-10-20)11-15(22)18-12-1-3-13(4-2-12)21(23)24/h1-6H,7-11H2,(H,18,22). The van der Waals surface area contributed by atoms with E-state index in [2.05, 4.69) is 5.32 Å². The molecule has 28 heavy (non-hydrogen) atoms. The highest BCUT2D eigenvalue weighted by Gasteiger charge is 2.30. The minimum atomic E-state index is -3.57. The van der Waals surface area contributed by atoms with Crippen molar-refractivity contribution in [1.82, 2.24) is 9.21 Å². The lowest BCUT2D eigenvalue weighted by Crippen LogP contribution is -2.50. The van der Waals surface area contributed by atoms with Crippen molar-refractivity contribution in [3.05, 3.63) is 50.8 Å². The molecule has 0 aliphatic carbocycles. The number of hydrogen-bond acceptors (Lipinski definition) is 7. The number of anilines is 1. The Morgan fingerprint density at radius 3 is 2.32 bits per heavy atom. The predicted octanol–water partition coefficient (Wildman–Crippen LogP) is 2.25. The number of sulfonamides is 1. The summed E-state index contributed by atoms with van der Waals surface area (Å²) in [5.74, 6) is -0.268. The molecule has 0 radical (unpaired) electrons. The molecule has 12 heteroatoms. The Morgan fingerprint density at radius 2 is 1.79 bits per heavy atom. The van der Waals surface area contributed by atoms with E-state index in [1.54, 1.807) is 6.07 Å². The summed E-state index contributed by atoms with van der Waals surface area (Å²) < 4.78 is 27.2. The van der Waals surface area contributed by atoms with Crippen molar-refractivity contribution in [2.24, 2.45) is 0 Å². The lowest BCUT2D eigenvalue weighted by molar-refractivity contribution is -0.384. The van der Waals surface area contributed by atoms with Crippen molar-refractivity contribution < 1.29 is 18.1 Å². The van der Waals surface area contributed by atoms with E-state index in [1.807, 2.05) is 4.90 Å². The van der Waals surface area contributed by atoms with Gasteiger partial charge in [-0.2, -0.15) is 4.31 Å². The zero-order valence-corrected chi connectivity index (χ0v) is 17.0. The van der Waals surface area contributed by atoms with E-state index in [-0.39, 0.29) is 35.4 Å². The van der Waals surface area contributed by atoms with Crippen molar-refractivity contribution >= 4 is 50.2 Å². The molecule has 0 saturated carbocycles. The number of non-ortho nitro benzene ring substituents is 1. The van der Waals surface area contributed by atoms with Crippen molar-refractivity contribution in [1.29, 1.82) is 0 Å². The quantitative estimate of drug-likeness (QED) is 0.540. The third-order valence-electron chi connectivity index (χ3n) is 4.20. The van der Waals surface area contributed by atoms with Crippen molar-refractivity contribution in [2.75, 3.05) is 38.0 Å². The number of rotatable bonds is 6. The molecule has 0 spiro atoms. The first-order chi connectivity index (χ1) is 13.3. The lowest BCUT2D eigenvalue weighted by atomic mass is 10.3. The van der Waals surface area contributed by atoms with E-state index in [0.717, 1.165) is 11.3 Å². The van der Waals surface area contributed by atoms with Crippen molar-refractivity contribution in [2.45, 2.75) is 4.21 Å². The fraction of sp³-hybridized carbons (Fsp3) is 0.312. The van der Waals surface area contributed by atoms with Crippen LogP contribution in [0.1, 0.15) is 0 Å². The lowest BCUT2D eigenvalue weighted by Gasteiger charge is -2.33. The first-order valence-electron chi connectivity index (χ1n) is 8.28. The Bertz CT molecular complexity index is 969. The second-order valence-corrected chi connectivity index (χ2v) is 9.97. The second kappa shape index (κ2) is 8.53. The van der Waals surface area contributed by atoms with E-state index in [0.29, 0.717) is 23.1 Å². The largest absolute Gasteiger partial charge is 0.325 e. The molecule has 1 aliphatic heterocycles. The molecule has 1 aliphatic rings. The number of nitrogens with zero attached hydrogens (tertiary/aromatic N) is 3. The highest BCUT2D eigenvalue weighted by atomic mass is 35.5. The maximum atomic E-state index is 12.6. The fourth-order valence-electron chi connectivity index (χ4n) is 2.76. The number of nitro groups is 1. The first-order valence-corrected chi connectivity index (χ1v) is 10.9. The molecule has 2 aromatic rings. The summed E-state index contributed by atoms with van der Waals surface area (Å²) in [4.78, 5) is 24.2. The molecule has 9 nitrogen and oxygen atoms in total. The summed E-state index contributed by atoms with van der Waals surface area (Å²) in [7, 11) is -3.57. The molecule has 2 heterocycles. The Hall–Kier alpha value is -2.05. The van der Waals surface area contributed by atoms with Gasteiger partial charge in [0.2, 0.25) is 5.91 Å². The maximum Gasteiger partial charge on any atom is 0.269 e. The van der Waals surface area contributed by atoms with Gasteiger partial charge in [0.05, 0.1) is 15.8 Å². The molecule has 1 aromatic heterocycles. The van der Waals surface area contributed by atoms with E-state index in [4.69, 9.17) is 11.6 Å². The van der Waals surface area contributed by atoms with E-state index in [1.165, 1.54) is 34.6 Å². The fourth-order valence-corrected chi connectivity index (χ4v) is 5.82. The smallest absolute Gasteiger partial charge is 0.269 e. The molecule has 0 bridgehead atoms. The van der Waals surface area contributed by atoms with Gasteiger partial charge in [0.1, 0.15) is 4.21 Å². The topological polar surface area (TPSA) is 113 Å². The molecule has 0 unspecified atom stereocenters. The summed E-state index contributed by atoms with van der Waals surface area (Å²) in [6.07, 6.45) is 0. The number of carbonyl (C=O) groups excluding carboxylic acids is 1. The van der Waals surface area contributed by atoms with Crippen molar-refractivity contribution in [3.8, 4) is 0 Å². The van der Waals surface area contributed by atoms with Crippen LogP contribution in [0.15, 0.2) is 40.6 Å². The summed E-state index contributed by atoms with van der Waals surface area (Å²) in [6.45, 7) is 1.51. The highest BCUT2D eigenvalue weighted by molar-refractivity contribution is 7.91. The number of nitrogens with one attached hydrogen (secondary N) is 1. The van der Waals surface area contributed by atoms with Gasteiger partial charge in [0, 0.05) is 44.0 Å². The van der Waals surface area contributed by atoms with Gasteiger partial charge >= 0.3 is 0 Å². The number of carbonyl (C=O) groups is 1. The third-order valence-corrected chi connectivity index (χ3v) is 7.80. The summed E-state index contributed by atoms with van der Waals surface area (Å²) in [6, 6.07) is 8.61. The van der Waals surface area contributed by atoms with Gasteiger partial charge in [-0.3, -0.25) is 19.8 Å². The average Bonchev–Trinajstić information content (AvgIpc) is 3.10. The Kier molecular flexibility index (Phi) is 6.30. The van der Waals surface area contributed by atoms with E-state index < -0.39 is 14.9 Å². The first kappa shape index (κ1) is 20.7. The molecule has 1 N–H and O–H groups in total. The van der Waals surface area contributed by atoms with Crippen LogP contribution in [0.4, 0.5) is 11.4 Å². The van der Waals surface area contributed by atoms with E-state index in [9.17, 15) is 23.3 Å². The Morgan fingerprint density at radius 1 is 1.14 bits per heavy atom. The second-order valence-electron chi connectivity index (χ2n) is 6.09.